The highest BCUT2D eigenvalue weighted by Crippen LogP contribution is 2.27. The summed E-state index contributed by atoms with van der Waals surface area (Å²) in [4.78, 5) is 23.4. The molecule has 0 atom stereocenters. The monoisotopic (exact) mass is 393 g/mol. The van der Waals surface area contributed by atoms with Gasteiger partial charge in [-0.1, -0.05) is 0 Å². The molecule has 0 aliphatic heterocycles. The number of aryl methyl sites for hydroxylation is 2. The average Bonchev–Trinajstić information content (AvgIpc) is 3.09. The normalized spacial score (nSPS) is 10.2. The summed E-state index contributed by atoms with van der Waals surface area (Å²) in [5.41, 5.74) is 1.88. The fourth-order valence-electron chi connectivity index (χ4n) is 2.50. The van der Waals surface area contributed by atoms with E-state index in [1.807, 2.05) is 19.9 Å². The summed E-state index contributed by atoms with van der Waals surface area (Å²) in [6.07, 6.45) is 3.35. The number of nitriles is 1. The van der Waals surface area contributed by atoms with Crippen molar-refractivity contribution in [2.75, 3.05) is 12.4 Å². The number of carbonyl (C=O) groups excluding carboxylic acids is 1. The number of amides is 2. The molecule has 3 aromatic rings. The molecule has 0 aliphatic carbocycles. The van der Waals surface area contributed by atoms with Gasteiger partial charge in [-0.2, -0.15) is 5.26 Å². The number of nitrogens with zero attached hydrogens (tertiary/aromatic N) is 4. The second-order valence-corrected chi connectivity index (χ2v) is 7.50. The lowest BCUT2D eigenvalue weighted by Crippen LogP contribution is -2.30. The van der Waals surface area contributed by atoms with Crippen molar-refractivity contribution >= 4 is 23.1 Å². The summed E-state index contributed by atoms with van der Waals surface area (Å²) in [5.74, 6) is 0.792. The largest absolute Gasteiger partial charge is 0.438 e. The maximum absolute atomic E-state index is 12.5. The first-order chi connectivity index (χ1) is 13.5. The van der Waals surface area contributed by atoms with E-state index >= 15 is 0 Å². The molecule has 2 aromatic heterocycles. The van der Waals surface area contributed by atoms with Crippen LogP contribution >= 0.6 is 11.3 Å². The van der Waals surface area contributed by atoms with E-state index < -0.39 is 0 Å². The minimum absolute atomic E-state index is 0.209. The first-order valence-corrected chi connectivity index (χ1v) is 9.35. The molecule has 2 heterocycles. The number of pyridine rings is 1. The van der Waals surface area contributed by atoms with E-state index in [2.05, 4.69) is 15.3 Å². The lowest BCUT2D eigenvalue weighted by Gasteiger charge is -2.18. The number of thiazole rings is 1. The molecule has 0 fully saturated rings. The van der Waals surface area contributed by atoms with E-state index in [-0.39, 0.29) is 11.9 Å². The number of carbonyl (C=O) groups is 1. The summed E-state index contributed by atoms with van der Waals surface area (Å²) in [6, 6.07) is 10.4. The van der Waals surface area contributed by atoms with E-state index in [0.717, 1.165) is 15.4 Å². The molecule has 7 nitrogen and oxygen atoms in total. The van der Waals surface area contributed by atoms with Crippen molar-refractivity contribution in [3.63, 3.8) is 0 Å². The van der Waals surface area contributed by atoms with E-state index in [1.54, 1.807) is 66.0 Å². The van der Waals surface area contributed by atoms with Crippen LogP contribution in [-0.2, 0) is 6.54 Å². The fourth-order valence-corrected chi connectivity index (χ4v) is 3.35. The highest BCUT2D eigenvalue weighted by Gasteiger charge is 2.13. The van der Waals surface area contributed by atoms with Crippen LogP contribution in [0.1, 0.15) is 21.0 Å². The van der Waals surface area contributed by atoms with Crippen LogP contribution in [-0.4, -0.2) is 27.9 Å². The van der Waals surface area contributed by atoms with Crippen molar-refractivity contribution in [1.29, 1.82) is 5.26 Å². The molecule has 3 rings (SSSR count). The van der Waals surface area contributed by atoms with Crippen molar-refractivity contribution < 1.29 is 9.53 Å². The fraction of sp³-hybridized carbons (Fsp3) is 0.200. The van der Waals surface area contributed by atoms with Crippen molar-refractivity contribution in [2.45, 2.75) is 20.4 Å². The van der Waals surface area contributed by atoms with Crippen LogP contribution in [0.5, 0.6) is 11.6 Å². The van der Waals surface area contributed by atoms with Gasteiger partial charge < -0.3 is 15.0 Å². The number of hydrogen-bond donors (Lipinski definition) is 1. The molecule has 0 unspecified atom stereocenters. The van der Waals surface area contributed by atoms with Gasteiger partial charge in [0.2, 0.25) is 5.88 Å². The van der Waals surface area contributed by atoms with Gasteiger partial charge in [0.15, 0.2) is 0 Å². The molecule has 0 aliphatic rings. The van der Waals surface area contributed by atoms with Crippen molar-refractivity contribution in [3.8, 4) is 17.7 Å². The molecule has 1 N–H and O–H groups in total. The minimum atomic E-state index is -0.209. The van der Waals surface area contributed by atoms with E-state index in [1.165, 1.54) is 0 Å². The predicted octanol–water partition coefficient (Wildman–Crippen LogP) is 4.48. The second kappa shape index (κ2) is 8.50. The number of urea groups is 1. The quantitative estimate of drug-likeness (QED) is 0.690. The van der Waals surface area contributed by atoms with Crippen molar-refractivity contribution in [2.24, 2.45) is 0 Å². The first-order valence-electron chi connectivity index (χ1n) is 8.53. The molecule has 0 radical (unpaired) electrons. The lowest BCUT2D eigenvalue weighted by molar-refractivity contribution is 0.221. The van der Waals surface area contributed by atoms with Gasteiger partial charge in [0, 0.05) is 30.0 Å². The Kier molecular flexibility index (Phi) is 5.87. The molecule has 1 aromatic carbocycles. The molecule has 2 amide bonds. The summed E-state index contributed by atoms with van der Waals surface area (Å²) in [7, 11) is 1.74. The Hall–Kier alpha value is -3.44. The van der Waals surface area contributed by atoms with Crippen LogP contribution in [0.15, 0.2) is 42.7 Å². The van der Waals surface area contributed by atoms with Crippen LogP contribution in [0.25, 0.3) is 0 Å². The molecule has 0 bridgehead atoms. The standard InChI is InChI=1S/C20H19N5O2S/c1-13-9-16(27-19-15(10-21)5-4-8-22-19)6-7-18(13)24-20(26)25(3)12-17-11-23-14(2)28-17/h4-9,11H,12H2,1-3H3,(H,24,26). The number of aromatic nitrogens is 2. The smallest absolute Gasteiger partial charge is 0.321 e. The highest BCUT2D eigenvalue weighted by atomic mass is 32.1. The number of benzene rings is 1. The second-order valence-electron chi connectivity index (χ2n) is 6.18. The van der Waals surface area contributed by atoms with E-state index in [4.69, 9.17) is 10.00 Å². The Morgan fingerprint density at radius 3 is 2.82 bits per heavy atom. The zero-order valence-corrected chi connectivity index (χ0v) is 16.6. The van der Waals surface area contributed by atoms with Crippen LogP contribution in [0.3, 0.4) is 0 Å². The SMILES string of the molecule is Cc1ncc(CN(C)C(=O)Nc2ccc(Oc3ncccc3C#N)cc2C)s1. The van der Waals surface area contributed by atoms with Crippen molar-refractivity contribution in [3.05, 3.63) is 63.7 Å². The van der Waals surface area contributed by atoms with Gasteiger partial charge in [-0.15, -0.1) is 11.3 Å². The number of rotatable bonds is 5. The predicted molar refractivity (Wildman–Crippen MR) is 108 cm³/mol. The Morgan fingerprint density at radius 2 is 2.14 bits per heavy atom. The third-order valence-corrected chi connectivity index (χ3v) is 4.85. The molecule has 0 spiro atoms. The number of nitrogens with one attached hydrogen (secondary N) is 1. The van der Waals surface area contributed by atoms with Gasteiger partial charge in [-0.25, -0.2) is 14.8 Å². The summed E-state index contributed by atoms with van der Waals surface area (Å²) in [6.45, 7) is 4.30. The minimum Gasteiger partial charge on any atom is -0.438 e. The molecular weight excluding hydrogens is 374 g/mol. The van der Waals surface area contributed by atoms with Gasteiger partial charge in [0.25, 0.3) is 0 Å². The maximum Gasteiger partial charge on any atom is 0.321 e. The van der Waals surface area contributed by atoms with Gasteiger partial charge >= 0.3 is 6.03 Å². The third-order valence-electron chi connectivity index (χ3n) is 3.95. The molecule has 142 valence electrons. The Bertz CT molecular complexity index is 1040. The summed E-state index contributed by atoms with van der Waals surface area (Å²) in [5, 5.41) is 13.0. The van der Waals surface area contributed by atoms with Gasteiger partial charge in [0.05, 0.1) is 11.6 Å². The van der Waals surface area contributed by atoms with Crippen LogP contribution < -0.4 is 10.1 Å². The third kappa shape index (κ3) is 4.64. The molecule has 8 heteroatoms. The topological polar surface area (TPSA) is 91.1 Å². The average molecular weight is 393 g/mol. The number of hydrogen-bond acceptors (Lipinski definition) is 6. The first kappa shape index (κ1) is 19.3. The van der Waals surface area contributed by atoms with Gasteiger partial charge in [-0.3, -0.25) is 0 Å². The number of ether oxygens (including phenoxy) is 1. The van der Waals surface area contributed by atoms with Gasteiger partial charge in [-0.05, 0) is 49.7 Å². The Morgan fingerprint density at radius 1 is 1.32 bits per heavy atom. The number of anilines is 1. The van der Waals surface area contributed by atoms with Gasteiger partial charge in [0.1, 0.15) is 17.4 Å². The van der Waals surface area contributed by atoms with E-state index in [9.17, 15) is 4.79 Å². The van der Waals surface area contributed by atoms with Crippen LogP contribution in [0.2, 0.25) is 0 Å². The molecule has 0 saturated carbocycles. The van der Waals surface area contributed by atoms with Crippen LogP contribution in [0.4, 0.5) is 10.5 Å². The van der Waals surface area contributed by atoms with Crippen LogP contribution in [0, 0.1) is 25.2 Å². The molecule has 0 saturated heterocycles. The zero-order valence-electron chi connectivity index (χ0n) is 15.8. The maximum atomic E-state index is 12.5. The summed E-state index contributed by atoms with van der Waals surface area (Å²) >= 11 is 1.57. The molecule has 28 heavy (non-hydrogen) atoms. The Balaban J connectivity index is 1.67. The van der Waals surface area contributed by atoms with Crippen molar-refractivity contribution in [1.82, 2.24) is 14.9 Å². The zero-order chi connectivity index (χ0) is 20.1. The highest BCUT2D eigenvalue weighted by molar-refractivity contribution is 7.11. The molecular formula is C20H19N5O2S. The Labute approximate surface area is 167 Å². The summed E-state index contributed by atoms with van der Waals surface area (Å²) < 4.78 is 5.71. The lowest BCUT2D eigenvalue weighted by atomic mass is 10.2. The van der Waals surface area contributed by atoms with E-state index in [0.29, 0.717) is 23.5 Å².